The molecule has 0 aliphatic heterocycles. The fourth-order valence-electron chi connectivity index (χ4n) is 1.46. The first-order valence-corrected chi connectivity index (χ1v) is 4.90. The zero-order valence-corrected chi connectivity index (χ0v) is 8.56. The number of pyridine rings is 1. The Balaban J connectivity index is 2.83. The molecule has 0 radical (unpaired) electrons. The van der Waals surface area contributed by atoms with E-state index in [0.29, 0.717) is 10.4 Å². The molecule has 0 bridgehead atoms. The summed E-state index contributed by atoms with van der Waals surface area (Å²) < 4.78 is 0. The SMILES string of the molecule is CCc1cc(=O)c2cc(Cl)ccc2[nH]1. The maximum atomic E-state index is 11.6. The van der Waals surface area contributed by atoms with Crippen LogP contribution in [0.1, 0.15) is 12.6 Å². The average Bonchev–Trinajstić information content (AvgIpc) is 2.19. The van der Waals surface area contributed by atoms with E-state index in [9.17, 15) is 4.79 Å². The van der Waals surface area contributed by atoms with Crippen LogP contribution in [-0.4, -0.2) is 4.98 Å². The third-order valence-corrected chi connectivity index (χ3v) is 2.46. The zero-order valence-electron chi connectivity index (χ0n) is 7.80. The van der Waals surface area contributed by atoms with Gasteiger partial charge in [-0.1, -0.05) is 18.5 Å². The molecular weight excluding hydrogens is 198 g/mol. The first-order valence-electron chi connectivity index (χ1n) is 4.52. The highest BCUT2D eigenvalue weighted by Gasteiger charge is 2.01. The molecule has 0 unspecified atom stereocenters. The van der Waals surface area contributed by atoms with E-state index in [4.69, 9.17) is 11.6 Å². The molecule has 0 saturated carbocycles. The van der Waals surface area contributed by atoms with Crippen molar-refractivity contribution >= 4 is 22.5 Å². The van der Waals surface area contributed by atoms with Crippen LogP contribution in [0.4, 0.5) is 0 Å². The van der Waals surface area contributed by atoms with E-state index in [1.165, 1.54) is 0 Å². The van der Waals surface area contributed by atoms with Crippen molar-refractivity contribution in [2.75, 3.05) is 0 Å². The number of rotatable bonds is 1. The quantitative estimate of drug-likeness (QED) is 0.767. The monoisotopic (exact) mass is 207 g/mol. The van der Waals surface area contributed by atoms with Gasteiger partial charge in [0.2, 0.25) is 0 Å². The van der Waals surface area contributed by atoms with Gasteiger partial charge in [-0.25, -0.2) is 0 Å². The summed E-state index contributed by atoms with van der Waals surface area (Å²) in [4.78, 5) is 14.8. The third-order valence-electron chi connectivity index (χ3n) is 2.23. The maximum absolute atomic E-state index is 11.6. The third kappa shape index (κ3) is 1.53. The lowest BCUT2D eigenvalue weighted by Crippen LogP contribution is -2.04. The summed E-state index contributed by atoms with van der Waals surface area (Å²) in [7, 11) is 0. The van der Waals surface area contributed by atoms with Crippen LogP contribution in [0.25, 0.3) is 10.9 Å². The molecule has 0 spiro atoms. The highest BCUT2D eigenvalue weighted by molar-refractivity contribution is 6.31. The molecule has 1 aromatic heterocycles. The summed E-state index contributed by atoms with van der Waals surface area (Å²) in [6.07, 6.45) is 0.827. The minimum Gasteiger partial charge on any atom is -0.358 e. The molecule has 3 heteroatoms. The molecule has 2 aromatic rings. The summed E-state index contributed by atoms with van der Waals surface area (Å²) in [6, 6.07) is 6.92. The average molecular weight is 208 g/mol. The van der Waals surface area contributed by atoms with E-state index in [-0.39, 0.29) is 5.43 Å². The van der Waals surface area contributed by atoms with E-state index in [1.54, 1.807) is 18.2 Å². The van der Waals surface area contributed by atoms with Crippen LogP contribution in [0, 0.1) is 0 Å². The Morgan fingerprint density at radius 2 is 2.14 bits per heavy atom. The summed E-state index contributed by atoms with van der Waals surface area (Å²) in [6.45, 7) is 2.01. The van der Waals surface area contributed by atoms with Crippen molar-refractivity contribution in [1.29, 1.82) is 0 Å². The summed E-state index contributed by atoms with van der Waals surface area (Å²) in [5.41, 5.74) is 1.82. The minimum atomic E-state index is 0.0260. The number of hydrogen-bond donors (Lipinski definition) is 1. The number of benzene rings is 1. The summed E-state index contributed by atoms with van der Waals surface area (Å²) in [5.74, 6) is 0. The molecule has 0 fully saturated rings. The van der Waals surface area contributed by atoms with E-state index in [2.05, 4.69) is 4.98 Å². The van der Waals surface area contributed by atoms with Crippen molar-refractivity contribution in [1.82, 2.24) is 4.98 Å². The van der Waals surface area contributed by atoms with Crippen molar-refractivity contribution in [3.63, 3.8) is 0 Å². The number of aromatic amines is 1. The van der Waals surface area contributed by atoms with Crippen LogP contribution in [0.3, 0.4) is 0 Å². The van der Waals surface area contributed by atoms with Crippen molar-refractivity contribution in [3.05, 3.63) is 45.2 Å². The van der Waals surface area contributed by atoms with Crippen LogP contribution in [-0.2, 0) is 6.42 Å². The van der Waals surface area contributed by atoms with Crippen LogP contribution in [0.5, 0.6) is 0 Å². The lowest BCUT2D eigenvalue weighted by molar-refractivity contribution is 1.05. The second kappa shape index (κ2) is 3.46. The maximum Gasteiger partial charge on any atom is 0.189 e. The Labute approximate surface area is 86.5 Å². The van der Waals surface area contributed by atoms with Crippen molar-refractivity contribution in [2.45, 2.75) is 13.3 Å². The van der Waals surface area contributed by atoms with Crippen LogP contribution in [0.2, 0.25) is 5.02 Å². The Kier molecular flexibility index (Phi) is 2.30. The first-order chi connectivity index (χ1) is 6.70. The van der Waals surface area contributed by atoms with Crippen LogP contribution < -0.4 is 5.43 Å². The van der Waals surface area contributed by atoms with Gasteiger partial charge in [-0.15, -0.1) is 0 Å². The number of aryl methyl sites for hydroxylation is 1. The van der Waals surface area contributed by atoms with Crippen molar-refractivity contribution in [3.8, 4) is 0 Å². The van der Waals surface area contributed by atoms with Gasteiger partial charge in [0, 0.05) is 27.7 Å². The lowest BCUT2D eigenvalue weighted by Gasteiger charge is -2.01. The number of H-pyrrole nitrogens is 1. The number of aromatic nitrogens is 1. The lowest BCUT2D eigenvalue weighted by atomic mass is 10.2. The normalized spacial score (nSPS) is 10.7. The predicted molar refractivity (Wildman–Crippen MR) is 59.0 cm³/mol. The van der Waals surface area contributed by atoms with E-state index >= 15 is 0 Å². The largest absolute Gasteiger partial charge is 0.358 e. The molecule has 0 saturated heterocycles. The molecule has 72 valence electrons. The second-order valence-corrected chi connectivity index (χ2v) is 3.64. The molecule has 0 aliphatic rings. The summed E-state index contributed by atoms with van der Waals surface area (Å²) in [5, 5.41) is 1.24. The molecule has 1 N–H and O–H groups in total. The Morgan fingerprint density at radius 1 is 1.36 bits per heavy atom. The van der Waals surface area contributed by atoms with Crippen molar-refractivity contribution in [2.24, 2.45) is 0 Å². The molecule has 0 aliphatic carbocycles. The van der Waals surface area contributed by atoms with E-state index < -0.39 is 0 Å². The molecular formula is C11H10ClNO. The zero-order chi connectivity index (χ0) is 10.1. The van der Waals surface area contributed by atoms with Gasteiger partial charge in [-0.2, -0.15) is 0 Å². The fourth-order valence-corrected chi connectivity index (χ4v) is 1.64. The highest BCUT2D eigenvalue weighted by atomic mass is 35.5. The van der Waals surface area contributed by atoms with Gasteiger partial charge in [0.25, 0.3) is 0 Å². The van der Waals surface area contributed by atoms with Gasteiger partial charge in [-0.3, -0.25) is 4.79 Å². The fraction of sp³-hybridized carbons (Fsp3) is 0.182. The molecule has 0 amide bonds. The smallest absolute Gasteiger partial charge is 0.189 e. The number of hydrogen-bond acceptors (Lipinski definition) is 1. The van der Waals surface area contributed by atoms with Gasteiger partial charge in [0.15, 0.2) is 5.43 Å². The summed E-state index contributed by atoms with van der Waals surface area (Å²) >= 11 is 5.81. The molecule has 1 aromatic carbocycles. The Hall–Kier alpha value is -1.28. The van der Waals surface area contributed by atoms with Gasteiger partial charge >= 0.3 is 0 Å². The van der Waals surface area contributed by atoms with E-state index in [0.717, 1.165) is 17.6 Å². The topological polar surface area (TPSA) is 32.9 Å². The molecule has 0 atom stereocenters. The highest BCUT2D eigenvalue weighted by Crippen LogP contribution is 2.15. The van der Waals surface area contributed by atoms with Gasteiger partial charge < -0.3 is 4.98 Å². The first kappa shape index (κ1) is 9.28. The molecule has 2 rings (SSSR count). The number of fused-ring (bicyclic) bond motifs is 1. The molecule has 2 nitrogen and oxygen atoms in total. The number of nitrogens with one attached hydrogen (secondary N) is 1. The van der Waals surface area contributed by atoms with Gasteiger partial charge in [-0.05, 0) is 24.6 Å². The van der Waals surface area contributed by atoms with Crippen LogP contribution >= 0.6 is 11.6 Å². The van der Waals surface area contributed by atoms with Gasteiger partial charge in [0.05, 0.1) is 0 Å². The van der Waals surface area contributed by atoms with Gasteiger partial charge in [0.1, 0.15) is 0 Å². The second-order valence-electron chi connectivity index (χ2n) is 3.20. The Morgan fingerprint density at radius 3 is 2.86 bits per heavy atom. The van der Waals surface area contributed by atoms with Crippen molar-refractivity contribution < 1.29 is 0 Å². The number of halogens is 1. The Bertz CT molecular complexity index is 530. The van der Waals surface area contributed by atoms with Crippen LogP contribution in [0.15, 0.2) is 29.1 Å². The van der Waals surface area contributed by atoms with E-state index in [1.807, 2.05) is 13.0 Å². The standard InChI is InChI=1S/C11H10ClNO/c1-2-8-6-11(14)9-5-7(12)3-4-10(9)13-8/h3-6H,2H2,1H3,(H,13,14). The minimum absolute atomic E-state index is 0.0260. The predicted octanol–water partition coefficient (Wildman–Crippen LogP) is 2.74. The molecule has 14 heavy (non-hydrogen) atoms. The molecule has 1 heterocycles.